The van der Waals surface area contributed by atoms with E-state index >= 15 is 0 Å². The van der Waals surface area contributed by atoms with Gasteiger partial charge in [-0.1, -0.05) is 33.6 Å². The van der Waals surface area contributed by atoms with Crippen LogP contribution in [0.5, 0.6) is 5.75 Å². The van der Waals surface area contributed by atoms with Crippen molar-refractivity contribution in [2.75, 3.05) is 7.11 Å². The number of hydrogen-bond donors (Lipinski definition) is 0. The Morgan fingerprint density at radius 3 is 2.50 bits per heavy atom. The van der Waals surface area contributed by atoms with Crippen molar-refractivity contribution in [3.8, 4) is 28.3 Å². The Kier molecular flexibility index (Phi) is 5.64. The van der Waals surface area contributed by atoms with E-state index in [0.29, 0.717) is 33.3 Å². The summed E-state index contributed by atoms with van der Waals surface area (Å²) in [4.78, 5) is 13.1. The summed E-state index contributed by atoms with van der Waals surface area (Å²) in [5.74, 6) is 0.467. The van der Waals surface area contributed by atoms with Gasteiger partial charge in [0.1, 0.15) is 17.1 Å². The minimum absolute atomic E-state index is 0.205. The standard InChI is InChI=1S/C21H17Cl2N9O2/c1-29-10-15(7-24-29)31-9-14(25-27-31)8-30-11-19(34-2)17(6-21(30)33)16-5-13(22)3-4-18(16)32-12-20(23)26-28-32/h3-7,9-12H,8H2,1-2H3. The third-order valence-electron chi connectivity index (χ3n) is 5.10. The van der Waals surface area contributed by atoms with Crippen LogP contribution in [0, 0.1) is 0 Å². The van der Waals surface area contributed by atoms with Gasteiger partial charge in [-0.2, -0.15) is 5.10 Å². The highest BCUT2D eigenvalue weighted by Crippen LogP contribution is 2.35. The van der Waals surface area contributed by atoms with Gasteiger partial charge in [0.2, 0.25) is 0 Å². The molecular weight excluding hydrogens is 481 g/mol. The van der Waals surface area contributed by atoms with E-state index in [1.54, 1.807) is 52.4 Å². The number of aromatic nitrogens is 9. The third kappa shape index (κ3) is 4.18. The van der Waals surface area contributed by atoms with Gasteiger partial charge in [0.25, 0.3) is 5.56 Å². The van der Waals surface area contributed by atoms with Gasteiger partial charge in [0.15, 0.2) is 5.15 Å². The van der Waals surface area contributed by atoms with Gasteiger partial charge in [-0.05, 0) is 18.2 Å². The number of aryl methyl sites for hydroxylation is 1. The van der Waals surface area contributed by atoms with Crippen molar-refractivity contribution in [3.63, 3.8) is 0 Å². The highest BCUT2D eigenvalue weighted by Gasteiger charge is 2.17. The van der Waals surface area contributed by atoms with Gasteiger partial charge in [-0.25, -0.2) is 9.36 Å². The molecule has 1 aromatic carbocycles. The molecule has 0 saturated carbocycles. The number of hydrogen-bond acceptors (Lipinski definition) is 7. The highest BCUT2D eigenvalue weighted by atomic mass is 35.5. The first kappa shape index (κ1) is 21.9. The molecule has 172 valence electrons. The van der Waals surface area contributed by atoms with Gasteiger partial charge < -0.3 is 9.30 Å². The molecule has 0 radical (unpaired) electrons. The molecule has 4 aromatic heterocycles. The zero-order chi connectivity index (χ0) is 23.8. The maximum Gasteiger partial charge on any atom is 0.251 e. The van der Waals surface area contributed by atoms with E-state index in [9.17, 15) is 4.79 Å². The van der Waals surface area contributed by atoms with Crippen LogP contribution in [0.3, 0.4) is 0 Å². The van der Waals surface area contributed by atoms with Crippen LogP contribution in [0.15, 0.2) is 60.0 Å². The molecule has 34 heavy (non-hydrogen) atoms. The number of ether oxygens (including phenoxy) is 1. The quantitative estimate of drug-likeness (QED) is 0.354. The number of benzene rings is 1. The van der Waals surface area contributed by atoms with Crippen LogP contribution in [0.1, 0.15) is 5.69 Å². The lowest BCUT2D eigenvalue weighted by Gasteiger charge is -2.15. The van der Waals surface area contributed by atoms with Gasteiger partial charge in [0, 0.05) is 29.3 Å². The summed E-state index contributed by atoms with van der Waals surface area (Å²) in [6.07, 6.45) is 8.42. The van der Waals surface area contributed by atoms with Crippen LogP contribution in [0.25, 0.3) is 22.5 Å². The minimum Gasteiger partial charge on any atom is -0.495 e. The molecule has 0 unspecified atom stereocenters. The van der Waals surface area contributed by atoms with E-state index in [0.717, 1.165) is 5.69 Å². The average molecular weight is 498 g/mol. The SMILES string of the molecule is COc1cn(Cc2cn(-c3cnn(C)c3)nn2)c(=O)cc1-c1cc(Cl)ccc1-n1cc(Cl)nn1. The number of pyridine rings is 1. The topological polar surface area (TPSA) is 110 Å². The molecule has 0 saturated heterocycles. The van der Waals surface area contributed by atoms with Crippen LogP contribution < -0.4 is 10.3 Å². The molecule has 0 bridgehead atoms. The van der Waals surface area contributed by atoms with Crippen molar-refractivity contribution in [1.82, 2.24) is 44.3 Å². The van der Waals surface area contributed by atoms with Crippen LogP contribution in [-0.4, -0.2) is 51.4 Å². The van der Waals surface area contributed by atoms with Crippen molar-refractivity contribution in [3.05, 3.63) is 81.5 Å². The Hall–Kier alpha value is -3.96. The fraction of sp³-hybridized carbons (Fsp3) is 0.143. The molecular formula is C21H17Cl2N9O2. The summed E-state index contributed by atoms with van der Waals surface area (Å²) >= 11 is 12.2. The lowest BCUT2D eigenvalue weighted by Crippen LogP contribution is -2.20. The van der Waals surface area contributed by atoms with Gasteiger partial charge in [0.05, 0.1) is 50.3 Å². The summed E-state index contributed by atoms with van der Waals surface area (Å²) in [7, 11) is 3.35. The van der Waals surface area contributed by atoms with Crippen molar-refractivity contribution in [1.29, 1.82) is 0 Å². The summed E-state index contributed by atoms with van der Waals surface area (Å²) in [5.41, 5.74) is 2.93. The molecule has 0 fully saturated rings. The first-order valence-electron chi connectivity index (χ1n) is 9.98. The number of rotatable bonds is 6. The molecule has 13 heteroatoms. The lowest BCUT2D eigenvalue weighted by atomic mass is 10.0. The first-order chi connectivity index (χ1) is 16.4. The third-order valence-corrected chi connectivity index (χ3v) is 5.51. The van der Waals surface area contributed by atoms with Gasteiger partial charge in [-0.3, -0.25) is 9.48 Å². The molecule has 0 atom stereocenters. The smallest absolute Gasteiger partial charge is 0.251 e. The second kappa shape index (κ2) is 8.76. The van der Waals surface area contributed by atoms with E-state index in [-0.39, 0.29) is 17.3 Å². The van der Waals surface area contributed by atoms with Crippen LogP contribution in [0.2, 0.25) is 10.2 Å². The normalized spacial score (nSPS) is 11.2. The lowest BCUT2D eigenvalue weighted by molar-refractivity contribution is 0.410. The molecule has 4 heterocycles. The molecule has 0 aliphatic heterocycles. The highest BCUT2D eigenvalue weighted by molar-refractivity contribution is 6.31. The van der Waals surface area contributed by atoms with Crippen molar-refractivity contribution in [2.24, 2.45) is 7.05 Å². The molecule has 0 aliphatic rings. The molecule has 0 N–H and O–H groups in total. The number of halogens is 2. The largest absolute Gasteiger partial charge is 0.495 e. The van der Waals surface area contributed by atoms with E-state index in [4.69, 9.17) is 27.9 Å². The fourth-order valence-corrected chi connectivity index (χ4v) is 3.83. The van der Waals surface area contributed by atoms with E-state index in [1.165, 1.54) is 22.4 Å². The van der Waals surface area contributed by atoms with E-state index in [2.05, 4.69) is 25.7 Å². The Balaban J connectivity index is 1.53. The molecule has 11 nitrogen and oxygen atoms in total. The first-order valence-corrected chi connectivity index (χ1v) is 10.7. The second-order valence-electron chi connectivity index (χ2n) is 7.40. The Labute approximate surface area is 202 Å². The van der Waals surface area contributed by atoms with Gasteiger partial charge >= 0.3 is 0 Å². The average Bonchev–Trinajstić information content (AvgIpc) is 3.56. The zero-order valence-electron chi connectivity index (χ0n) is 18.0. The monoisotopic (exact) mass is 497 g/mol. The summed E-state index contributed by atoms with van der Waals surface area (Å²) < 4.78 is 11.9. The predicted octanol–water partition coefficient (Wildman–Crippen LogP) is 2.77. The summed E-state index contributed by atoms with van der Waals surface area (Å²) in [6.45, 7) is 0.205. The molecule has 0 spiro atoms. The van der Waals surface area contributed by atoms with E-state index < -0.39 is 0 Å². The van der Waals surface area contributed by atoms with Crippen molar-refractivity contribution < 1.29 is 4.74 Å². The fourth-order valence-electron chi connectivity index (χ4n) is 3.53. The number of methoxy groups -OCH3 is 1. The molecule has 0 amide bonds. The molecule has 5 rings (SSSR count). The predicted molar refractivity (Wildman–Crippen MR) is 125 cm³/mol. The number of nitrogens with zero attached hydrogens (tertiary/aromatic N) is 9. The van der Waals surface area contributed by atoms with Crippen LogP contribution >= 0.6 is 23.2 Å². The maximum atomic E-state index is 13.1. The zero-order valence-corrected chi connectivity index (χ0v) is 19.5. The van der Waals surface area contributed by atoms with E-state index in [1.807, 2.05) is 13.2 Å². The van der Waals surface area contributed by atoms with Crippen LogP contribution in [0.4, 0.5) is 0 Å². The molecule has 0 aliphatic carbocycles. The Morgan fingerprint density at radius 1 is 0.971 bits per heavy atom. The maximum absolute atomic E-state index is 13.1. The molecule has 5 aromatic rings. The van der Waals surface area contributed by atoms with Gasteiger partial charge in [-0.15, -0.1) is 10.2 Å². The summed E-state index contributed by atoms with van der Waals surface area (Å²) in [6, 6.07) is 6.70. The van der Waals surface area contributed by atoms with Crippen molar-refractivity contribution in [2.45, 2.75) is 6.54 Å². The minimum atomic E-state index is -0.255. The van der Waals surface area contributed by atoms with Crippen LogP contribution in [-0.2, 0) is 13.6 Å². The second-order valence-corrected chi connectivity index (χ2v) is 8.22. The van der Waals surface area contributed by atoms with Crippen molar-refractivity contribution >= 4 is 23.2 Å². The Morgan fingerprint density at radius 2 is 1.79 bits per heavy atom. The Bertz CT molecular complexity index is 1550. The summed E-state index contributed by atoms with van der Waals surface area (Å²) in [5, 5.41) is 21.0.